The lowest BCUT2D eigenvalue weighted by Gasteiger charge is -2.08. The second-order valence-corrected chi connectivity index (χ2v) is 4.96. The maximum Gasteiger partial charge on any atom is 0.119 e. The highest BCUT2D eigenvalue weighted by Crippen LogP contribution is 2.19. The van der Waals surface area contributed by atoms with Crippen molar-refractivity contribution in [1.82, 2.24) is 5.32 Å². The molecule has 2 rings (SSSR count). The van der Waals surface area contributed by atoms with Gasteiger partial charge < -0.3 is 19.5 Å². The minimum absolute atomic E-state index is 0.575. The normalized spacial score (nSPS) is 14.4. The predicted molar refractivity (Wildman–Crippen MR) is 79.1 cm³/mol. The van der Waals surface area contributed by atoms with Gasteiger partial charge in [0.2, 0.25) is 0 Å². The molecule has 4 heteroatoms. The average molecular weight is 279 g/mol. The Kier molecular flexibility index (Phi) is 6.84. The quantitative estimate of drug-likeness (QED) is 0.631. The largest absolute Gasteiger partial charge is 0.491 e. The molecule has 20 heavy (non-hydrogen) atoms. The van der Waals surface area contributed by atoms with Crippen LogP contribution in [0.4, 0.5) is 0 Å². The van der Waals surface area contributed by atoms with Gasteiger partial charge in [0, 0.05) is 19.2 Å². The first-order valence-electron chi connectivity index (χ1n) is 7.49. The van der Waals surface area contributed by atoms with E-state index in [4.69, 9.17) is 14.2 Å². The van der Waals surface area contributed by atoms with Crippen LogP contribution in [0.15, 0.2) is 24.3 Å². The molecule has 0 heterocycles. The van der Waals surface area contributed by atoms with Crippen molar-refractivity contribution >= 4 is 0 Å². The summed E-state index contributed by atoms with van der Waals surface area (Å²) in [5.74, 6) is 0.897. The lowest BCUT2D eigenvalue weighted by molar-refractivity contribution is 0.0405. The van der Waals surface area contributed by atoms with E-state index >= 15 is 0 Å². The van der Waals surface area contributed by atoms with Crippen LogP contribution in [0.3, 0.4) is 0 Å². The van der Waals surface area contributed by atoms with Crippen molar-refractivity contribution < 1.29 is 14.2 Å². The van der Waals surface area contributed by atoms with Gasteiger partial charge in [-0.1, -0.05) is 12.1 Å². The van der Waals surface area contributed by atoms with Crippen LogP contribution in [0.2, 0.25) is 0 Å². The van der Waals surface area contributed by atoms with Gasteiger partial charge >= 0.3 is 0 Å². The van der Waals surface area contributed by atoms with Crippen LogP contribution in [0.1, 0.15) is 25.3 Å². The van der Waals surface area contributed by atoms with E-state index in [1.54, 1.807) is 0 Å². The lowest BCUT2D eigenvalue weighted by atomic mass is 10.2. The van der Waals surface area contributed by atoms with Gasteiger partial charge in [-0.3, -0.25) is 0 Å². The Morgan fingerprint density at radius 2 is 1.70 bits per heavy atom. The molecule has 0 unspecified atom stereocenters. The summed E-state index contributed by atoms with van der Waals surface area (Å²) in [6, 6.07) is 9.01. The Bertz CT molecular complexity index is 362. The fourth-order valence-corrected chi connectivity index (χ4v) is 1.84. The molecule has 1 aliphatic carbocycles. The molecule has 4 nitrogen and oxygen atoms in total. The van der Waals surface area contributed by atoms with Gasteiger partial charge in [0.25, 0.3) is 0 Å². The van der Waals surface area contributed by atoms with E-state index in [9.17, 15) is 0 Å². The summed E-state index contributed by atoms with van der Waals surface area (Å²) >= 11 is 0. The Morgan fingerprint density at radius 1 is 1.00 bits per heavy atom. The zero-order valence-corrected chi connectivity index (χ0v) is 12.3. The van der Waals surface area contributed by atoms with Crippen molar-refractivity contribution in [2.24, 2.45) is 0 Å². The molecule has 0 bridgehead atoms. The number of rotatable bonds is 11. The molecule has 1 aromatic rings. The standard InChI is InChI=1S/C16H25NO3/c1-2-18-9-10-19-11-12-20-16-7-3-14(4-8-16)13-17-15-5-6-15/h3-4,7-8,15,17H,2,5-6,9-13H2,1H3. The monoisotopic (exact) mass is 279 g/mol. The second-order valence-electron chi connectivity index (χ2n) is 4.96. The Labute approximate surface area is 121 Å². The van der Waals surface area contributed by atoms with Gasteiger partial charge in [-0.2, -0.15) is 0 Å². The van der Waals surface area contributed by atoms with Crippen molar-refractivity contribution in [3.63, 3.8) is 0 Å². The summed E-state index contributed by atoms with van der Waals surface area (Å²) in [4.78, 5) is 0. The van der Waals surface area contributed by atoms with Gasteiger partial charge in [0.05, 0.1) is 19.8 Å². The average Bonchev–Trinajstić information content (AvgIpc) is 3.30. The van der Waals surface area contributed by atoms with E-state index in [2.05, 4.69) is 17.4 Å². The van der Waals surface area contributed by atoms with E-state index < -0.39 is 0 Å². The summed E-state index contributed by atoms with van der Waals surface area (Å²) in [5.41, 5.74) is 1.30. The van der Waals surface area contributed by atoms with Gasteiger partial charge in [-0.25, -0.2) is 0 Å². The molecule has 1 saturated carbocycles. The Balaban J connectivity index is 1.53. The van der Waals surface area contributed by atoms with E-state index in [1.165, 1.54) is 18.4 Å². The number of hydrogen-bond donors (Lipinski definition) is 1. The van der Waals surface area contributed by atoms with E-state index in [-0.39, 0.29) is 0 Å². The summed E-state index contributed by atoms with van der Waals surface area (Å²) in [6.07, 6.45) is 2.65. The van der Waals surface area contributed by atoms with Gasteiger partial charge in [-0.05, 0) is 37.5 Å². The molecule has 0 spiro atoms. The highest BCUT2D eigenvalue weighted by Gasteiger charge is 2.19. The van der Waals surface area contributed by atoms with Gasteiger partial charge in [0.1, 0.15) is 12.4 Å². The van der Waals surface area contributed by atoms with Crippen LogP contribution >= 0.6 is 0 Å². The molecule has 1 aromatic carbocycles. The first kappa shape index (κ1) is 15.3. The van der Waals surface area contributed by atoms with Gasteiger partial charge in [0.15, 0.2) is 0 Å². The van der Waals surface area contributed by atoms with Crippen molar-refractivity contribution in [2.45, 2.75) is 32.4 Å². The van der Waals surface area contributed by atoms with Gasteiger partial charge in [-0.15, -0.1) is 0 Å². The van der Waals surface area contributed by atoms with Crippen LogP contribution < -0.4 is 10.1 Å². The summed E-state index contributed by atoms with van der Waals surface area (Å²) in [7, 11) is 0. The zero-order valence-electron chi connectivity index (χ0n) is 12.3. The number of nitrogens with one attached hydrogen (secondary N) is 1. The fourth-order valence-electron chi connectivity index (χ4n) is 1.84. The first-order valence-corrected chi connectivity index (χ1v) is 7.49. The predicted octanol–water partition coefficient (Wildman–Crippen LogP) is 2.37. The molecule has 0 aliphatic heterocycles. The van der Waals surface area contributed by atoms with Crippen LogP contribution in [0, 0.1) is 0 Å². The zero-order chi connectivity index (χ0) is 14.0. The molecule has 0 saturated heterocycles. The molecule has 0 aromatic heterocycles. The molecule has 1 fully saturated rings. The first-order chi connectivity index (χ1) is 9.88. The van der Waals surface area contributed by atoms with Crippen molar-refractivity contribution in [3.05, 3.63) is 29.8 Å². The molecule has 1 aliphatic rings. The smallest absolute Gasteiger partial charge is 0.119 e. The van der Waals surface area contributed by atoms with E-state index in [0.717, 1.165) is 24.9 Å². The molecular formula is C16H25NO3. The Morgan fingerprint density at radius 3 is 2.40 bits per heavy atom. The third-order valence-electron chi connectivity index (χ3n) is 3.17. The molecular weight excluding hydrogens is 254 g/mol. The van der Waals surface area contributed by atoms with Crippen LogP contribution in [0.25, 0.3) is 0 Å². The Hall–Kier alpha value is -1.10. The third kappa shape index (κ3) is 6.37. The highest BCUT2D eigenvalue weighted by molar-refractivity contribution is 5.27. The minimum Gasteiger partial charge on any atom is -0.491 e. The number of hydrogen-bond acceptors (Lipinski definition) is 4. The fraction of sp³-hybridized carbons (Fsp3) is 0.625. The van der Waals surface area contributed by atoms with Crippen molar-refractivity contribution in [1.29, 1.82) is 0 Å². The maximum atomic E-state index is 5.62. The van der Waals surface area contributed by atoms with Crippen molar-refractivity contribution in [3.8, 4) is 5.75 Å². The topological polar surface area (TPSA) is 39.7 Å². The molecule has 0 radical (unpaired) electrons. The van der Waals surface area contributed by atoms with E-state index in [1.807, 2.05) is 19.1 Å². The highest BCUT2D eigenvalue weighted by atomic mass is 16.5. The molecule has 0 amide bonds. The molecule has 112 valence electrons. The second kappa shape index (κ2) is 8.95. The summed E-state index contributed by atoms with van der Waals surface area (Å²) in [5, 5.41) is 3.50. The summed E-state index contributed by atoms with van der Waals surface area (Å²) < 4.78 is 16.2. The number of benzene rings is 1. The van der Waals surface area contributed by atoms with Crippen LogP contribution in [-0.2, 0) is 16.0 Å². The number of ether oxygens (including phenoxy) is 3. The SMILES string of the molecule is CCOCCOCCOc1ccc(CNC2CC2)cc1. The van der Waals surface area contributed by atoms with Crippen LogP contribution in [-0.4, -0.2) is 39.1 Å². The van der Waals surface area contributed by atoms with Crippen molar-refractivity contribution in [2.75, 3.05) is 33.0 Å². The molecule has 0 atom stereocenters. The maximum absolute atomic E-state index is 5.62. The minimum atomic E-state index is 0.575. The summed E-state index contributed by atoms with van der Waals surface area (Å²) in [6.45, 7) is 6.12. The third-order valence-corrected chi connectivity index (χ3v) is 3.17. The molecule has 1 N–H and O–H groups in total. The lowest BCUT2D eigenvalue weighted by Crippen LogP contribution is -2.15. The van der Waals surface area contributed by atoms with E-state index in [0.29, 0.717) is 26.4 Å². The van der Waals surface area contributed by atoms with Crippen LogP contribution in [0.5, 0.6) is 5.75 Å².